The lowest BCUT2D eigenvalue weighted by atomic mass is 10.2. The highest BCUT2D eigenvalue weighted by Crippen LogP contribution is 2.23. The van der Waals surface area contributed by atoms with Gasteiger partial charge < -0.3 is 0 Å². The molecule has 0 fully saturated rings. The normalized spacial score (nSPS) is 12.2. The molecule has 2 rings (SSSR count). The number of para-hydroxylation sites is 1. The van der Waals surface area contributed by atoms with Crippen molar-refractivity contribution in [3.63, 3.8) is 0 Å². The average Bonchev–Trinajstić information content (AvgIpc) is 2.43. The van der Waals surface area contributed by atoms with Crippen LogP contribution in [0.25, 0.3) is 10.9 Å². The van der Waals surface area contributed by atoms with Crippen molar-refractivity contribution in [2.75, 3.05) is 13.6 Å². The molecule has 0 aliphatic rings. The van der Waals surface area contributed by atoms with Crippen LogP contribution in [0.3, 0.4) is 0 Å². The first-order chi connectivity index (χ1) is 9.07. The summed E-state index contributed by atoms with van der Waals surface area (Å²) in [5.41, 5.74) is 0.536. The molecule has 1 aromatic heterocycles. The van der Waals surface area contributed by atoms with E-state index < -0.39 is 10.0 Å². The van der Waals surface area contributed by atoms with Crippen molar-refractivity contribution in [3.05, 3.63) is 36.5 Å². The third-order valence-corrected chi connectivity index (χ3v) is 5.00. The molecule has 0 aliphatic carbocycles. The molecule has 0 saturated heterocycles. The molecule has 0 amide bonds. The van der Waals surface area contributed by atoms with Gasteiger partial charge in [0.15, 0.2) is 0 Å². The molecule has 1 aromatic carbocycles. The van der Waals surface area contributed by atoms with E-state index in [1.54, 1.807) is 31.4 Å². The Morgan fingerprint density at radius 2 is 1.95 bits per heavy atom. The molecule has 0 N–H and O–H groups in total. The second-order valence-electron chi connectivity index (χ2n) is 4.51. The number of rotatable bonds is 5. The summed E-state index contributed by atoms with van der Waals surface area (Å²) < 4.78 is 26.5. The van der Waals surface area contributed by atoms with E-state index in [0.29, 0.717) is 12.1 Å². The van der Waals surface area contributed by atoms with Crippen LogP contribution >= 0.6 is 0 Å². The zero-order valence-electron chi connectivity index (χ0n) is 11.2. The third kappa shape index (κ3) is 2.77. The van der Waals surface area contributed by atoms with Crippen LogP contribution in [-0.4, -0.2) is 31.3 Å². The van der Waals surface area contributed by atoms with Crippen molar-refractivity contribution < 1.29 is 8.42 Å². The van der Waals surface area contributed by atoms with Crippen LogP contribution in [-0.2, 0) is 10.0 Å². The fraction of sp³-hybridized carbons (Fsp3) is 0.357. The van der Waals surface area contributed by atoms with Crippen molar-refractivity contribution in [1.29, 1.82) is 0 Å². The van der Waals surface area contributed by atoms with Gasteiger partial charge in [0.05, 0.1) is 5.52 Å². The van der Waals surface area contributed by atoms with E-state index in [0.717, 1.165) is 18.2 Å². The van der Waals surface area contributed by atoms with Gasteiger partial charge in [-0.15, -0.1) is 0 Å². The average molecular weight is 278 g/mol. The van der Waals surface area contributed by atoms with Crippen LogP contribution < -0.4 is 0 Å². The monoisotopic (exact) mass is 278 g/mol. The Kier molecular flexibility index (Phi) is 4.17. The molecule has 1 heterocycles. The second-order valence-corrected chi connectivity index (χ2v) is 6.52. The molecule has 0 spiro atoms. The second kappa shape index (κ2) is 5.67. The first kappa shape index (κ1) is 14.0. The van der Waals surface area contributed by atoms with Gasteiger partial charge in [-0.05, 0) is 18.6 Å². The number of benzene rings is 1. The molecular weight excluding hydrogens is 260 g/mol. The summed E-state index contributed by atoms with van der Waals surface area (Å²) in [5.74, 6) is 0. The number of aromatic nitrogens is 1. The summed E-state index contributed by atoms with van der Waals surface area (Å²) in [6, 6.07) is 8.91. The lowest BCUT2D eigenvalue weighted by Crippen LogP contribution is -2.28. The summed E-state index contributed by atoms with van der Waals surface area (Å²) in [6.07, 6.45) is 3.44. The van der Waals surface area contributed by atoms with E-state index in [-0.39, 0.29) is 4.90 Å². The minimum atomic E-state index is -3.47. The van der Waals surface area contributed by atoms with E-state index >= 15 is 0 Å². The predicted molar refractivity (Wildman–Crippen MR) is 76.5 cm³/mol. The maximum Gasteiger partial charge on any atom is 0.244 e. The van der Waals surface area contributed by atoms with Crippen LogP contribution in [0.5, 0.6) is 0 Å². The van der Waals surface area contributed by atoms with Crippen molar-refractivity contribution >= 4 is 20.9 Å². The predicted octanol–water partition coefficient (Wildman–Crippen LogP) is 2.66. The Labute approximate surface area is 114 Å². The Morgan fingerprint density at radius 1 is 1.21 bits per heavy atom. The van der Waals surface area contributed by atoms with E-state index in [1.165, 1.54) is 4.31 Å². The van der Waals surface area contributed by atoms with E-state index in [1.807, 2.05) is 19.1 Å². The fourth-order valence-corrected chi connectivity index (χ4v) is 3.32. The lowest BCUT2D eigenvalue weighted by molar-refractivity contribution is 0.460. The molecule has 0 radical (unpaired) electrons. The van der Waals surface area contributed by atoms with Crippen LogP contribution in [0.2, 0.25) is 0 Å². The zero-order chi connectivity index (χ0) is 13.9. The molecule has 0 atom stereocenters. The number of hydrogen-bond donors (Lipinski definition) is 0. The first-order valence-corrected chi connectivity index (χ1v) is 7.81. The fourth-order valence-electron chi connectivity index (χ4n) is 1.95. The number of sulfonamides is 1. The van der Waals surface area contributed by atoms with Gasteiger partial charge in [-0.2, -0.15) is 0 Å². The largest absolute Gasteiger partial charge is 0.255 e. The molecule has 4 nitrogen and oxygen atoms in total. The minimum absolute atomic E-state index is 0.282. The number of unbranched alkanes of at least 4 members (excludes halogenated alkanes) is 1. The molecule has 2 aromatic rings. The number of fused-ring (bicyclic) bond motifs is 1. The van der Waals surface area contributed by atoms with Crippen molar-refractivity contribution in [1.82, 2.24) is 9.29 Å². The summed E-state index contributed by atoms with van der Waals surface area (Å²) in [7, 11) is -1.85. The Hall–Kier alpha value is -1.46. The summed E-state index contributed by atoms with van der Waals surface area (Å²) in [6.45, 7) is 2.57. The van der Waals surface area contributed by atoms with E-state index in [9.17, 15) is 8.42 Å². The van der Waals surface area contributed by atoms with E-state index in [4.69, 9.17) is 0 Å². The molecule has 0 bridgehead atoms. The van der Waals surface area contributed by atoms with E-state index in [2.05, 4.69) is 4.98 Å². The van der Waals surface area contributed by atoms with Crippen LogP contribution in [0.15, 0.2) is 41.4 Å². The molecule has 0 unspecified atom stereocenters. The Bertz CT molecular complexity index is 663. The van der Waals surface area contributed by atoms with Gasteiger partial charge in [-0.3, -0.25) is 4.98 Å². The van der Waals surface area contributed by atoms with Gasteiger partial charge >= 0.3 is 0 Å². The molecule has 0 aliphatic heterocycles. The van der Waals surface area contributed by atoms with Gasteiger partial charge in [0.1, 0.15) is 4.90 Å². The summed E-state index contributed by atoms with van der Waals surface area (Å²) >= 11 is 0. The van der Waals surface area contributed by atoms with Crippen molar-refractivity contribution in [2.45, 2.75) is 24.7 Å². The molecule has 5 heteroatoms. The van der Waals surface area contributed by atoms with Gasteiger partial charge in [0.25, 0.3) is 0 Å². The van der Waals surface area contributed by atoms with Gasteiger partial charge in [-0.25, -0.2) is 12.7 Å². The molecule has 0 saturated carbocycles. The maximum atomic E-state index is 12.5. The zero-order valence-corrected chi connectivity index (χ0v) is 12.0. The molecule has 102 valence electrons. The number of pyridine rings is 1. The summed E-state index contributed by atoms with van der Waals surface area (Å²) in [4.78, 5) is 4.49. The third-order valence-electron chi connectivity index (χ3n) is 3.11. The van der Waals surface area contributed by atoms with Crippen LogP contribution in [0.4, 0.5) is 0 Å². The van der Waals surface area contributed by atoms with Crippen molar-refractivity contribution in [3.8, 4) is 0 Å². The molecular formula is C14H18N2O2S. The number of hydrogen-bond acceptors (Lipinski definition) is 3. The SMILES string of the molecule is CCCCN(C)S(=O)(=O)c1cccc2cccnc12. The molecule has 19 heavy (non-hydrogen) atoms. The Morgan fingerprint density at radius 3 is 2.68 bits per heavy atom. The standard InChI is InChI=1S/C14H18N2O2S/c1-3-4-11-16(2)19(17,18)13-9-5-7-12-8-6-10-15-14(12)13/h5-10H,3-4,11H2,1-2H3. The first-order valence-electron chi connectivity index (χ1n) is 6.37. The highest BCUT2D eigenvalue weighted by molar-refractivity contribution is 7.89. The number of nitrogens with zero attached hydrogens (tertiary/aromatic N) is 2. The van der Waals surface area contributed by atoms with Crippen molar-refractivity contribution in [2.24, 2.45) is 0 Å². The quantitative estimate of drug-likeness (QED) is 0.845. The van der Waals surface area contributed by atoms with Crippen LogP contribution in [0.1, 0.15) is 19.8 Å². The lowest BCUT2D eigenvalue weighted by Gasteiger charge is -2.17. The smallest absolute Gasteiger partial charge is 0.244 e. The maximum absolute atomic E-state index is 12.5. The highest BCUT2D eigenvalue weighted by atomic mass is 32.2. The van der Waals surface area contributed by atoms with Gasteiger partial charge in [0, 0.05) is 25.2 Å². The summed E-state index contributed by atoms with van der Waals surface area (Å²) in [5, 5.41) is 0.840. The van der Waals surface area contributed by atoms with Gasteiger partial charge in [-0.1, -0.05) is 31.5 Å². The van der Waals surface area contributed by atoms with Crippen LogP contribution in [0, 0.1) is 0 Å². The topological polar surface area (TPSA) is 50.3 Å². The highest BCUT2D eigenvalue weighted by Gasteiger charge is 2.22. The van der Waals surface area contributed by atoms with Gasteiger partial charge in [0.2, 0.25) is 10.0 Å². The minimum Gasteiger partial charge on any atom is -0.255 e. The Balaban J connectivity index is 2.49.